The Labute approximate surface area is 138 Å². The monoisotopic (exact) mass is 368 g/mol. The van der Waals surface area contributed by atoms with Crippen molar-refractivity contribution in [1.82, 2.24) is 9.97 Å². The molecule has 0 spiro atoms. The molecule has 0 saturated carbocycles. The fraction of sp³-hybridized carbons (Fsp3) is 0.467. The van der Waals surface area contributed by atoms with Crippen LogP contribution >= 0.6 is 27.3 Å². The van der Waals surface area contributed by atoms with Crippen LogP contribution in [-0.2, 0) is 6.54 Å². The molecule has 21 heavy (non-hydrogen) atoms. The Morgan fingerprint density at radius 3 is 2.71 bits per heavy atom. The van der Waals surface area contributed by atoms with Gasteiger partial charge in [0.05, 0.1) is 6.54 Å². The minimum Gasteiger partial charge on any atom is -0.370 e. The van der Waals surface area contributed by atoms with Crippen molar-refractivity contribution < 1.29 is 0 Å². The predicted octanol–water partition coefficient (Wildman–Crippen LogP) is 4.49. The van der Waals surface area contributed by atoms with Crippen LogP contribution in [0.2, 0.25) is 0 Å². The predicted molar refractivity (Wildman–Crippen MR) is 94.4 cm³/mol. The first-order valence-corrected chi connectivity index (χ1v) is 8.73. The Morgan fingerprint density at radius 1 is 1.38 bits per heavy atom. The number of nitrogens with one attached hydrogen (secondary N) is 1. The molecule has 0 unspecified atom stereocenters. The van der Waals surface area contributed by atoms with E-state index in [4.69, 9.17) is 0 Å². The summed E-state index contributed by atoms with van der Waals surface area (Å²) in [5, 5.41) is 5.45. The molecule has 0 amide bonds. The zero-order chi connectivity index (χ0) is 15.4. The van der Waals surface area contributed by atoms with Crippen LogP contribution in [0.15, 0.2) is 22.2 Å². The standard InChI is InChI=1S/C15H21BrN4S/c1-5-17-14-13(10(2)3)15(19-9-18-14)20(4)7-12-6-11(16)8-21-12/h6,8-10H,5,7H2,1-4H3,(H,17,18,19). The number of thiophene rings is 1. The Kier molecular flexibility index (Phi) is 5.58. The maximum absolute atomic E-state index is 4.51. The molecule has 0 radical (unpaired) electrons. The molecule has 2 heterocycles. The van der Waals surface area contributed by atoms with Crippen LogP contribution in [0.4, 0.5) is 11.6 Å². The summed E-state index contributed by atoms with van der Waals surface area (Å²) in [5.41, 5.74) is 1.18. The van der Waals surface area contributed by atoms with Crippen molar-refractivity contribution >= 4 is 38.9 Å². The largest absolute Gasteiger partial charge is 0.370 e. The van der Waals surface area contributed by atoms with Gasteiger partial charge in [0.25, 0.3) is 0 Å². The first-order chi connectivity index (χ1) is 10.0. The van der Waals surface area contributed by atoms with Crippen molar-refractivity contribution in [3.8, 4) is 0 Å². The average Bonchev–Trinajstić information content (AvgIpc) is 2.84. The van der Waals surface area contributed by atoms with Gasteiger partial charge >= 0.3 is 0 Å². The topological polar surface area (TPSA) is 41.1 Å². The molecule has 1 N–H and O–H groups in total. The van der Waals surface area contributed by atoms with Crippen LogP contribution in [-0.4, -0.2) is 23.6 Å². The Hall–Kier alpha value is -1.14. The number of rotatable bonds is 6. The maximum atomic E-state index is 4.51. The number of halogens is 1. The Bertz CT molecular complexity index is 597. The lowest BCUT2D eigenvalue weighted by atomic mass is 10.0. The van der Waals surface area contributed by atoms with Crippen LogP contribution in [0.5, 0.6) is 0 Å². The van der Waals surface area contributed by atoms with Gasteiger partial charge in [0.15, 0.2) is 0 Å². The second-order valence-corrected chi connectivity index (χ2v) is 7.14. The fourth-order valence-corrected chi connectivity index (χ4v) is 3.78. The van der Waals surface area contributed by atoms with Crippen LogP contribution in [0.25, 0.3) is 0 Å². The molecule has 0 aromatic carbocycles. The summed E-state index contributed by atoms with van der Waals surface area (Å²) < 4.78 is 1.14. The molecule has 0 fully saturated rings. The number of aromatic nitrogens is 2. The third-order valence-electron chi connectivity index (χ3n) is 3.16. The van der Waals surface area contributed by atoms with Gasteiger partial charge in [-0.2, -0.15) is 0 Å². The fourth-order valence-electron chi connectivity index (χ4n) is 2.28. The molecule has 0 aliphatic heterocycles. The third-order valence-corrected chi connectivity index (χ3v) is 4.84. The summed E-state index contributed by atoms with van der Waals surface area (Å²) in [6.45, 7) is 8.15. The van der Waals surface area contributed by atoms with Crippen LogP contribution < -0.4 is 10.2 Å². The quantitative estimate of drug-likeness (QED) is 0.815. The molecule has 0 bridgehead atoms. The van der Waals surface area contributed by atoms with Crippen LogP contribution in [0.3, 0.4) is 0 Å². The summed E-state index contributed by atoms with van der Waals surface area (Å²) in [5.74, 6) is 2.31. The summed E-state index contributed by atoms with van der Waals surface area (Å²) in [7, 11) is 2.08. The lowest BCUT2D eigenvalue weighted by molar-refractivity contribution is 0.812. The maximum Gasteiger partial charge on any atom is 0.137 e. The molecule has 0 aliphatic carbocycles. The second-order valence-electron chi connectivity index (χ2n) is 5.23. The molecule has 6 heteroatoms. The molecular weight excluding hydrogens is 348 g/mol. The Balaban J connectivity index is 2.31. The van der Waals surface area contributed by atoms with Gasteiger partial charge in [0.2, 0.25) is 0 Å². The van der Waals surface area contributed by atoms with Gasteiger partial charge in [0.1, 0.15) is 18.0 Å². The van der Waals surface area contributed by atoms with E-state index < -0.39 is 0 Å². The van der Waals surface area contributed by atoms with Gasteiger partial charge in [-0.15, -0.1) is 11.3 Å². The van der Waals surface area contributed by atoms with Gasteiger partial charge in [-0.3, -0.25) is 0 Å². The average molecular weight is 369 g/mol. The van der Waals surface area contributed by atoms with Crippen molar-refractivity contribution in [3.63, 3.8) is 0 Å². The van der Waals surface area contributed by atoms with Gasteiger partial charge in [-0.25, -0.2) is 9.97 Å². The van der Waals surface area contributed by atoms with E-state index in [1.807, 2.05) is 0 Å². The SMILES string of the molecule is CCNc1ncnc(N(C)Cc2cc(Br)cs2)c1C(C)C. The first kappa shape index (κ1) is 16.2. The molecule has 2 rings (SSSR count). The van der Waals surface area contributed by atoms with E-state index >= 15 is 0 Å². The highest BCUT2D eigenvalue weighted by Gasteiger charge is 2.18. The van der Waals surface area contributed by atoms with Crippen molar-refractivity contribution in [2.45, 2.75) is 33.2 Å². The number of hydrogen-bond acceptors (Lipinski definition) is 5. The highest BCUT2D eigenvalue weighted by molar-refractivity contribution is 9.10. The van der Waals surface area contributed by atoms with E-state index in [0.29, 0.717) is 5.92 Å². The molecule has 114 valence electrons. The summed E-state index contributed by atoms with van der Waals surface area (Å²) in [6.07, 6.45) is 1.64. The number of nitrogens with zero attached hydrogens (tertiary/aromatic N) is 3. The third kappa shape index (κ3) is 3.95. The molecule has 0 atom stereocenters. The van der Waals surface area contributed by atoms with E-state index in [1.165, 1.54) is 10.4 Å². The van der Waals surface area contributed by atoms with Crippen molar-refractivity contribution in [2.75, 3.05) is 23.8 Å². The summed E-state index contributed by atoms with van der Waals surface area (Å²) in [6, 6.07) is 2.16. The zero-order valence-corrected chi connectivity index (χ0v) is 15.3. The molecule has 0 aliphatic rings. The van der Waals surface area contributed by atoms with E-state index in [9.17, 15) is 0 Å². The molecule has 2 aromatic rings. The molecular formula is C15H21BrN4S. The van der Waals surface area contributed by atoms with Crippen molar-refractivity contribution in [2.24, 2.45) is 0 Å². The molecule has 4 nitrogen and oxygen atoms in total. The lowest BCUT2D eigenvalue weighted by Crippen LogP contribution is -2.20. The van der Waals surface area contributed by atoms with Crippen LogP contribution in [0.1, 0.15) is 37.1 Å². The highest BCUT2D eigenvalue weighted by Crippen LogP contribution is 2.31. The van der Waals surface area contributed by atoms with E-state index in [1.54, 1.807) is 17.7 Å². The molecule has 0 saturated heterocycles. The van der Waals surface area contributed by atoms with E-state index in [-0.39, 0.29) is 0 Å². The van der Waals surface area contributed by atoms with Gasteiger partial charge in [-0.1, -0.05) is 13.8 Å². The van der Waals surface area contributed by atoms with E-state index in [2.05, 4.69) is 75.4 Å². The molecule has 2 aromatic heterocycles. The number of hydrogen-bond donors (Lipinski definition) is 1. The van der Waals surface area contributed by atoms with Crippen molar-refractivity contribution in [3.05, 3.63) is 32.7 Å². The van der Waals surface area contributed by atoms with Gasteiger partial charge in [-0.05, 0) is 34.8 Å². The van der Waals surface area contributed by atoms with Gasteiger partial charge < -0.3 is 10.2 Å². The normalized spacial score (nSPS) is 11.0. The smallest absolute Gasteiger partial charge is 0.137 e. The Morgan fingerprint density at radius 2 is 2.14 bits per heavy atom. The summed E-state index contributed by atoms with van der Waals surface area (Å²) >= 11 is 5.26. The lowest BCUT2D eigenvalue weighted by Gasteiger charge is -2.24. The zero-order valence-electron chi connectivity index (χ0n) is 12.9. The minimum atomic E-state index is 0.368. The highest BCUT2D eigenvalue weighted by atomic mass is 79.9. The van der Waals surface area contributed by atoms with Gasteiger partial charge in [0, 0.05) is 33.9 Å². The number of anilines is 2. The first-order valence-electron chi connectivity index (χ1n) is 7.05. The van der Waals surface area contributed by atoms with Crippen LogP contribution in [0, 0.1) is 0 Å². The second kappa shape index (κ2) is 7.22. The minimum absolute atomic E-state index is 0.368. The van der Waals surface area contributed by atoms with E-state index in [0.717, 1.165) is 29.2 Å². The summed E-state index contributed by atoms with van der Waals surface area (Å²) in [4.78, 5) is 12.4. The van der Waals surface area contributed by atoms with Crippen molar-refractivity contribution in [1.29, 1.82) is 0 Å².